The number of amides is 1. The van der Waals surface area contributed by atoms with Crippen molar-refractivity contribution in [3.05, 3.63) is 59.1 Å². The Labute approximate surface area is 162 Å². The summed E-state index contributed by atoms with van der Waals surface area (Å²) in [6.07, 6.45) is 2.24. The van der Waals surface area contributed by atoms with Crippen LogP contribution in [0.25, 0.3) is 10.2 Å². The van der Waals surface area contributed by atoms with Crippen molar-refractivity contribution >= 4 is 33.1 Å². The van der Waals surface area contributed by atoms with Gasteiger partial charge >= 0.3 is 0 Å². The van der Waals surface area contributed by atoms with Crippen LogP contribution < -0.4 is 10.2 Å². The van der Waals surface area contributed by atoms with Gasteiger partial charge in [-0.15, -0.1) is 11.3 Å². The quantitative estimate of drug-likeness (QED) is 0.734. The van der Waals surface area contributed by atoms with Crippen LogP contribution in [0.1, 0.15) is 29.3 Å². The molecule has 5 nitrogen and oxygen atoms in total. The number of rotatable bonds is 4. The number of hydrogen-bond donors (Lipinski definition) is 2. The zero-order valence-electron chi connectivity index (χ0n) is 14.9. The third-order valence-electron chi connectivity index (χ3n) is 4.96. The Morgan fingerprint density at radius 2 is 2.19 bits per heavy atom. The molecule has 1 unspecified atom stereocenters. The van der Waals surface area contributed by atoms with Gasteiger partial charge in [-0.1, -0.05) is 18.2 Å². The fourth-order valence-electron chi connectivity index (χ4n) is 3.69. The van der Waals surface area contributed by atoms with E-state index in [9.17, 15) is 4.79 Å². The summed E-state index contributed by atoms with van der Waals surface area (Å²) in [4.78, 5) is 18.5. The van der Waals surface area contributed by atoms with Crippen molar-refractivity contribution in [2.24, 2.45) is 0 Å². The van der Waals surface area contributed by atoms with E-state index in [-0.39, 0.29) is 5.91 Å². The number of fused-ring (bicyclic) bond motifs is 1. The van der Waals surface area contributed by atoms with Gasteiger partial charge in [0, 0.05) is 5.69 Å². The third-order valence-corrected chi connectivity index (χ3v) is 6.16. The number of anilines is 1. The SMILES string of the molecule is N#Cc1cccc(NC(=O)C[NH+]2CCC[C@H](c3nc4ccccc4s3)C2)c1. The van der Waals surface area contributed by atoms with Crippen LogP contribution in [0.5, 0.6) is 0 Å². The smallest absolute Gasteiger partial charge is 0.279 e. The van der Waals surface area contributed by atoms with E-state index in [4.69, 9.17) is 10.2 Å². The monoisotopic (exact) mass is 377 g/mol. The van der Waals surface area contributed by atoms with E-state index in [1.807, 2.05) is 18.2 Å². The van der Waals surface area contributed by atoms with E-state index in [0.717, 1.165) is 31.4 Å². The van der Waals surface area contributed by atoms with Crippen LogP contribution in [-0.4, -0.2) is 30.5 Å². The van der Waals surface area contributed by atoms with Crippen molar-refractivity contribution in [1.82, 2.24) is 4.98 Å². The summed E-state index contributed by atoms with van der Waals surface area (Å²) in [6.45, 7) is 2.39. The number of hydrogen-bond acceptors (Lipinski definition) is 4. The average molecular weight is 377 g/mol. The number of nitrogens with one attached hydrogen (secondary N) is 2. The molecule has 2 aromatic carbocycles. The first-order valence-electron chi connectivity index (χ1n) is 9.20. The van der Waals surface area contributed by atoms with Crippen LogP contribution in [0.3, 0.4) is 0 Å². The molecule has 3 aromatic rings. The first kappa shape index (κ1) is 17.7. The van der Waals surface area contributed by atoms with Crippen molar-refractivity contribution in [1.29, 1.82) is 5.26 Å². The topological polar surface area (TPSA) is 70.2 Å². The van der Waals surface area contributed by atoms with E-state index < -0.39 is 0 Å². The number of para-hydroxylation sites is 1. The molecule has 0 radical (unpaired) electrons. The van der Waals surface area contributed by atoms with Crippen LogP contribution in [-0.2, 0) is 4.79 Å². The molecule has 2 heterocycles. The molecule has 1 aromatic heterocycles. The van der Waals surface area contributed by atoms with E-state index in [1.165, 1.54) is 14.6 Å². The molecule has 2 N–H and O–H groups in total. The van der Waals surface area contributed by atoms with Gasteiger partial charge in [-0.3, -0.25) is 4.79 Å². The molecule has 27 heavy (non-hydrogen) atoms. The molecular formula is C21H21N4OS+. The summed E-state index contributed by atoms with van der Waals surface area (Å²) in [5.74, 6) is 0.408. The minimum Gasteiger partial charge on any atom is -0.327 e. The maximum absolute atomic E-state index is 12.4. The molecule has 2 atom stereocenters. The van der Waals surface area contributed by atoms with E-state index in [2.05, 4.69) is 23.5 Å². The van der Waals surface area contributed by atoms with Crippen LogP contribution >= 0.6 is 11.3 Å². The molecule has 0 spiro atoms. The Bertz CT molecular complexity index is 974. The van der Waals surface area contributed by atoms with Gasteiger partial charge in [-0.25, -0.2) is 4.98 Å². The standard InChI is InChI=1S/C21H20N4OS/c22-12-15-5-3-7-17(11-15)23-20(26)14-25-10-4-6-16(13-25)21-24-18-8-1-2-9-19(18)27-21/h1-3,5,7-9,11,16H,4,6,10,13-14H2,(H,23,26)/p+1/t16-/m0/s1. The Morgan fingerprint density at radius 1 is 1.30 bits per heavy atom. The molecule has 136 valence electrons. The van der Waals surface area contributed by atoms with Crippen LogP contribution in [0.15, 0.2) is 48.5 Å². The fourth-order valence-corrected chi connectivity index (χ4v) is 4.79. The highest BCUT2D eigenvalue weighted by Gasteiger charge is 2.28. The largest absolute Gasteiger partial charge is 0.327 e. The van der Waals surface area contributed by atoms with Gasteiger partial charge in [0.15, 0.2) is 6.54 Å². The molecule has 4 rings (SSSR count). The maximum Gasteiger partial charge on any atom is 0.279 e. The third kappa shape index (κ3) is 4.16. The van der Waals surface area contributed by atoms with Gasteiger partial charge in [0.1, 0.15) is 5.01 Å². The first-order chi connectivity index (χ1) is 13.2. The predicted molar refractivity (Wildman–Crippen MR) is 107 cm³/mol. The van der Waals surface area contributed by atoms with Gasteiger partial charge in [-0.2, -0.15) is 5.26 Å². The van der Waals surface area contributed by atoms with E-state index in [0.29, 0.717) is 23.7 Å². The number of likely N-dealkylation sites (tertiary alicyclic amines) is 1. The maximum atomic E-state index is 12.4. The summed E-state index contributed by atoms with van der Waals surface area (Å²) in [6, 6.07) is 17.4. The predicted octanol–water partition coefficient (Wildman–Crippen LogP) is 2.57. The van der Waals surface area contributed by atoms with Crippen LogP contribution in [0.4, 0.5) is 5.69 Å². The van der Waals surface area contributed by atoms with Crippen LogP contribution in [0, 0.1) is 11.3 Å². The Kier molecular flexibility index (Phi) is 5.14. The van der Waals surface area contributed by atoms with Gasteiger partial charge in [0.25, 0.3) is 5.91 Å². The molecular weight excluding hydrogens is 356 g/mol. The molecule has 0 bridgehead atoms. The summed E-state index contributed by atoms with van der Waals surface area (Å²) < 4.78 is 1.23. The van der Waals surface area contributed by atoms with Crippen molar-refractivity contribution < 1.29 is 9.69 Å². The average Bonchev–Trinajstić information content (AvgIpc) is 3.12. The number of thiazole rings is 1. The lowest BCUT2D eigenvalue weighted by Gasteiger charge is -2.28. The second-order valence-corrected chi connectivity index (χ2v) is 8.04. The first-order valence-corrected chi connectivity index (χ1v) is 10.0. The number of quaternary nitrogens is 1. The normalized spacial score (nSPS) is 19.5. The Balaban J connectivity index is 1.39. The lowest BCUT2D eigenvalue weighted by molar-refractivity contribution is -0.898. The number of nitrogens with zero attached hydrogens (tertiary/aromatic N) is 2. The number of aromatic nitrogens is 1. The van der Waals surface area contributed by atoms with Gasteiger partial charge < -0.3 is 10.2 Å². The number of benzene rings is 2. The number of carbonyl (C=O) groups excluding carboxylic acids is 1. The fraction of sp³-hybridized carbons (Fsp3) is 0.286. The van der Waals surface area contributed by atoms with E-state index >= 15 is 0 Å². The molecule has 1 amide bonds. The second kappa shape index (κ2) is 7.87. The molecule has 0 aliphatic carbocycles. The van der Waals surface area contributed by atoms with Crippen molar-refractivity contribution in [3.8, 4) is 6.07 Å². The molecule has 1 saturated heterocycles. The van der Waals surface area contributed by atoms with Crippen LogP contribution in [0.2, 0.25) is 0 Å². The van der Waals surface area contributed by atoms with E-state index in [1.54, 1.807) is 29.5 Å². The highest BCUT2D eigenvalue weighted by molar-refractivity contribution is 7.18. The minimum absolute atomic E-state index is 0.00922. The molecule has 0 saturated carbocycles. The number of carbonyl (C=O) groups is 1. The summed E-state index contributed by atoms with van der Waals surface area (Å²) in [5.41, 5.74) is 2.30. The minimum atomic E-state index is -0.00922. The number of piperidine rings is 1. The Hall–Kier alpha value is -2.75. The highest BCUT2D eigenvalue weighted by Crippen LogP contribution is 2.30. The Morgan fingerprint density at radius 3 is 3.04 bits per heavy atom. The van der Waals surface area contributed by atoms with Crippen molar-refractivity contribution in [2.75, 3.05) is 25.0 Å². The zero-order chi connectivity index (χ0) is 18.6. The van der Waals surface area contributed by atoms with Gasteiger partial charge in [0.05, 0.1) is 40.9 Å². The molecule has 1 aliphatic heterocycles. The molecule has 1 fully saturated rings. The van der Waals surface area contributed by atoms with Crippen molar-refractivity contribution in [3.63, 3.8) is 0 Å². The highest BCUT2D eigenvalue weighted by atomic mass is 32.1. The lowest BCUT2D eigenvalue weighted by atomic mass is 9.99. The van der Waals surface area contributed by atoms with Gasteiger partial charge in [-0.05, 0) is 43.2 Å². The molecule has 6 heteroatoms. The number of nitriles is 1. The summed E-state index contributed by atoms with van der Waals surface area (Å²) in [5, 5.41) is 13.1. The second-order valence-electron chi connectivity index (χ2n) is 6.98. The molecule has 1 aliphatic rings. The summed E-state index contributed by atoms with van der Waals surface area (Å²) in [7, 11) is 0. The van der Waals surface area contributed by atoms with Gasteiger partial charge in [0.2, 0.25) is 0 Å². The summed E-state index contributed by atoms with van der Waals surface area (Å²) >= 11 is 1.78. The van der Waals surface area contributed by atoms with Crippen molar-refractivity contribution in [2.45, 2.75) is 18.8 Å². The zero-order valence-corrected chi connectivity index (χ0v) is 15.8. The lowest BCUT2D eigenvalue weighted by Crippen LogP contribution is -3.14.